The Bertz CT molecular complexity index is 1110. The van der Waals surface area contributed by atoms with Crippen LogP contribution < -0.4 is 9.84 Å². The first-order chi connectivity index (χ1) is 16.3. The Morgan fingerprint density at radius 3 is 2.17 bits per heavy atom. The number of rotatable bonds is 5. The van der Waals surface area contributed by atoms with E-state index in [1.165, 1.54) is 29.2 Å². The van der Waals surface area contributed by atoms with E-state index in [4.69, 9.17) is 4.74 Å². The SMILES string of the molecule is O=[C-]c1ccc(Oc2ccc(F)cc2)cc1.[CH2-]C(=O)N1C[C@@H](c2ccccc2C)C[C@H]1C([O-])O.[Lu]. The third kappa shape index (κ3) is 8.04. The number of likely N-dealkylation sites (tertiary alicyclic amines) is 1. The fraction of sp³-hybridized carbons (Fsp3) is 0.222. The van der Waals surface area contributed by atoms with E-state index < -0.39 is 18.2 Å². The van der Waals surface area contributed by atoms with E-state index in [0.29, 0.717) is 30.0 Å². The summed E-state index contributed by atoms with van der Waals surface area (Å²) in [6, 6.07) is 19.5. The van der Waals surface area contributed by atoms with Crippen LogP contribution in [-0.2, 0) is 9.59 Å². The number of ether oxygens (including phenoxy) is 1. The van der Waals surface area contributed by atoms with Crippen LogP contribution in [0, 0.1) is 56.5 Å². The average molecular weight is 637 g/mol. The van der Waals surface area contributed by atoms with Crippen molar-refractivity contribution in [1.82, 2.24) is 4.90 Å². The van der Waals surface area contributed by atoms with Crippen molar-refractivity contribution < 1.29 is 65.8 Å². The van der Waals surface area contributed by atoms with E-state index >= 15 is 0 Å². The fourth-order valence-electron chi connectivity index (χ4n) is 3.92. The Morgan fingerprint density at radius 2 is 1.69 bits per heavy atom. The summed E-state index contributed by atoms with van der Waals surface area (Å²) in [6.07, 6.45) is 0.508. The third-order valence-electron chi connectivity index (χ3n) is 5.64. The van der Waals surface area contributed by atoms with Crippen LogP contribution in [0.1, 0.15) is 29.0 Å². The van der Waals surface area contributed by atoms with Crippen molar-refractivity contribution in [3.8, 4) is 11.5 Å². The summed E-state index contributed by atoms with van der Waals surface area (Å²) in [5.74, 6) is 0.532. The van der Waals surface area contributed by atoms with Crippen LogP contribution in [0.5, 0.6) is 11.5 Å². The molecule has 3 aromatic carbocycles. The van der Waals surface area contributed by atoms with Gasteiger partial charge in [-0.15, -0.1) is 0 Å². The maximum atomic E-state index is 12.6. The number of carbonyl (C=O) groups is 1. The number of aliphatic hydroxyl groups is 1. The van der Waals surface area contributed by atoms with Gasteiger partial charge in [-0.1, -0.05) is 36.4 Å². The van der Waals surface area contributed by atoms with Gasteiger partial charge in [-0.05, 0) is 55.0 Å². The van der Waals surface area contributed by atoms with Gasteiger partial charge in [-0.3, -0.25) is 0 Å². The standard InChI is InChI=1S/C14H17NO3.C13H8FO2.Lu/c1-9-5-3-4-6-12(9)11-7-13(14(17)18)15(8-11)10(2)16;14-11-3-7-13(8-4-11)16-12-5-1-10(9-15)2-6-12;/h3-6,11,13-14,17H,2,7-8H2,1H3;1-8H;/q-2;-1;/t11-,13-,14?;;/m0../s1. The van der Waals surface area contributed by atoms with Crippen LogP contribution in [0.3, 0.4) is 0 Å². The van der Waals surface area contributed by atoms with Gasteiger partial charge in [0.05, 0.1) is 12.2 Å². The minimum absolute atomic E-state index is 0. The Morgan fingerprint density at radius 1 is 1.11 bits per heavy atom. The second-order valence-corrected chi connectivity index (χ2v) is 7.98. The van der Waals surface area contributed by atoms with Gasteiger partial charge in [0.1, 0.15) is 17.3 Å². The molecule has 0 saturated carbocycles. The molecule has 4 rings (SSSR count). The normalized spacial score (nSPS) is 17.4. The topological polar surface area (TPSA) is 89.9 Å². The van der Waals surface area contributed by atoms with Gasteiger partial charge in [0.15, 0.2) is 0 Å². The minimum atomic E-state index is -1.76. The fourth-order valence-corrected chi connectivity index (χ4v) is 3.92. The van der Waals surface area contributed by atoms with Crippen molar-refractivity contribution in [2.24, 2.45) is 0 Å². The molecular weight excluding hydrogens is 612 g/mol. The van der Waals surface area contributed by atoms with E-state index in [1.54, 1.807) is 30.6 Å². The number of benzene rings is 3. The monoisotopic (exact) mass is 637 g/mol. The summed E-state index contributed by atoms with van der Waals surface area (Å²) in [5.41, 5.74) is 2.73. The molecule has 1 saturated heterocycles. The summed E-state index contributed by atoms with van der Waals surface area (Å²) >= 11 is 0. The summed E-state index contributed by atoms with van der Waals surface area (Å²) in [6.45, 7) is 5.80. The largest absolute Gasteiger partial charge is 0.830 e. The quantitative estimate of drug-likeness (QED) is 0.343. The number of hydrogen-bond donors (Lipinski definition) is 1. The summed E-state index contributed by atoms with van der Waals surface area (Å²) in [5, 5.41) is 20.5. The van der Waals surface area contributed by atoms with Crippen molar-refractivity contribution in [1.29, 1.82) is 0 Å². The van der Waals surface area contributed by atoms with Gasteiger partial charge in [-0.2, -0.15) is 17.7 Å². The molecule has 0 aliphatic carbocycles. The molecule has 1 N–H and O–H groups in total. The first-order valence-corrected chi connectivity index (χ1v) is 10.7. The zero-order chi connectivity index (χ0) is 24.7. The molecule has 8 heteroatoms. The van der Waals surface area contributed by atoms with Crippen LogP contribution in [0.2, 0.25) is 0 Å². The number of amides is 1. The van der Waals surface area contributed by atoms with Crippen molar-refractivity contribution in [3.05, 3.63) is 102 Å². The average Bonchev–Trinajstić information content (AvgIpc) is 3.28. The van der Waals surface area contributed by atoms with Crippen molar-refractivity contribution in [3.63, 3.8) is 0 Å². The molecule has 1 heterocycles. The Hall–Kier alpha value is -2.45. The van der Waals surface area contributed by atoms with E-state index in [2.05, 4.69) is 6.92 Å². The van der Waals surface area contributed by atoms with Crippen molar-refractivity contribution in [2.75, 3.05) is 6.54 Å². The predicted molar refractivity (Wildman–Crippen MR) is 123 cm³/mol. The number of aliphatic hydroxyl groups excluding tert-OH is 1. The molecule has 3 atom stereocenters. The second-order valence-electron chi connectivity index (χ2n) is 7.98. The number of hydrogen-bond acceptors (Lipinski definition) is 5. The van der Waals surface area contributed by atoms with Crippen LogP contribution in [0.4, 0.5) is 4.39 Å². The molecule has 0 spiro atoms. The second kappa shape index (κ2) is 13.6. The van der Waals surface area contributed by atoms with Gasteiger partial charge in [0.2, 0.25) is 0 Å². The van der Waals surface area contributed by atoms with Crippen LogP contribution in [-0.4, -0.2) is 41.1 Å². The molecule has 6 nitrogen and oxygen atoms in total. The molecule has 0 bridgehead atoms. The molecule has 1 unspecified atom stereocenters. The smallest absolute Gasteiger partial charge is 0.127 e. The zero-order valence-electron chi connectivity index (χ0n) is 18.9. The molecule has 1 aliphatic heterocycles. The summed E-state index contributed by atoms with van der Waals surface area (Å²) in [4.78, 5) is 23.1. The molecule has 1 aliphatic rings. The van der Waals surface area contributed by atoms with Crippen molar-refractivity contribution >= 4 is 12.2 Å². The van der Waals surface area contributed by atoms with Crippen LogP contribution in [0.25, 0.3) is 0 Å². The molecule has 3 aromatic rings. The van der Waals surface area contributed by atoms with Gasteiger partial charge < -0.3 is 36.4 Å². The molecule has 35 heavy (non-hydrogen) atoms. The van der Waals surface area contributed by atoms with E-state index in [0.717, 1.165) is 11.1 Å². The number of nitrogens with zero attached hydrogens (tertiary/aromatic N) is 1. The molecule has 1 radical (unpaired) electrons. The maximum Gasteiger partial charge on any atom is 0.127 e. The van der Waals surface area contributed by atoms with E-state index in [9.17, 15) is 24.2 Å². The Balaban J connectivity index is 0.000000241. The van der Waals surface area contributed by atoms with Gasteiger partial charge in [0.25, 0.3) is 0 Å². The first kappa shape index (κ1) is 28.8. The van der Waals surface area contributed by atoms with Gasteiger partial charge in [-0.25, -0.2) is 4.39 Å². The molecule has 1 fully saturated rings. The van der Waals surface area contributed by atoms with Crippen molar-refractivity contribution in [2.45, 2.75) is 31.6 Å². The van der Waals surface area contributed by atoms with Crippen LogP contribution in [0.15, 0.2) is 72.8 Å². The zero-order valence-corrected chi connectivity index (χ0v) is 20.6. The van der Waals surface area contributed by atoms with E-state index in [-0.39, 0.29) is 48.6 Å². The molecule has 0 aromatic heterocycles. The van der Waals surface area contributed by atoms with Gasteiger partial charge in [0, 0.05) is 55.4 Å². The first-order valence-electron chi connectivity index (χ1n) is 10.7. The van der Waals surface area contributed by atoms with E-state index in [1.807, 2.05) is 31.2 Å². The maximum absolute atomic E-state index is 12.6. The Labute approximate surface area is 233 Å². The van der Waals surface area contributed by atoms with Crippen LogP contribution >= 0.6 is 0 Å². The summed E-state index contributed by atoms with van der Waals surface area (Å²) < 4.78 is 18.1. The molecule has 1 amide bonds. The Kier molecular flexibility index (Phi) is 11.2. The third-order valence-corrected chi connectivity index (χ3v) is 5.64. The number of aryl methyl sites for hydroxylation is 1. The summed E-state index contributed by atoms with van der Waals surface area (Å²) in [7, 11) is 0. The molecule has 193 valence electrons. The van der Waals surface area contributed by atoms with Gasteiger partial charge >= 0.3 is 0 Å². The predicted octanol–water partition coefficient (Wildman–Crippen LogP) is 3.27. The number of halogens is 1. The number of carbonyl (C=O) groups excluding carboxylic acids is 2. The molecular formula is C27H25FLuNO5-3. The minimum Gasteiger partial charge on any atom is -0.830 e.